The van der Waals surface area contributed by atoms with Crippen molar-refractivity contribution >= 4 is 5.91 Å². The molecule has 0 spiro atoms. The molecule has 0 aliphatic carbocycles. The highest BCUT2D eigenvalue weighted by Crippen LogP contribution is 2.23. The second-order valence-electron chi connectivity index (χ2n) is 7.01. The van der Waals surface area contributed by atoms with E-state index in [1.54, 1.807) is 18.1 Å². The maximum atomic E-state index is 13.0. The zero-order valence-corrected chi connectivity index (χ0v) is 16.4. The van der Waals surface area contributed by atoms with E-state index in [2.05, 4.69) is 15.0 Å². The molecule has 0 unspecified atom stereocenters. The topological polar surface area (TPSA) is 88.2 Å². The smallest absolute Gasteiger partial charge is 0.256 e. The van der Waals surface area contributed by atoms with Crippen LogP contribution >= 0.6 is 0 Å². The maximum Gasteiger partial charge on any atom is 0.256 e. The van der Waals surface area contributed by atoms with Gasteiger partial charge in [0.25, 0.3) is 5.91 Å². The predicted molar refractivity (Wildman–Crippen MR) is 108 cm³/mol. The Morgan fingerprint density at radius 2 is 1.97 bits per heavy atom. The minimum Gasteiger partial charge on any atom is -0.497 e. The van der Waals surface area contributed by atoms with Crippen LogP contribution in [0.1, 0.15) is 45.6 Å². The molecule has 7 heteroatoms. The Labute approximate surface area is 168 Å². The molecule has 3 aromatic rings. The molecule has 7 nitrogen and oxygen atoms in total. The Morgan fingerprint density at radius 1 is 1.17 bits per heavy atom. The van der Waals surface area contributed by atoms with E-state index < -0.39 is 0 Å². The van der Waals surface area contributed by atoms with Gasteiger partial charge < -0.3 is 14.6 Å². The van der Waals surface area contributed by atoms with E-state index in [4.69, 9.17) is 4.74 Å². The summed E-state index contributed by atoms with van der Waals surface area (Å²) >= 11 is 0. The molecule has 4 rings (SSSR count). The number of fused-ring (bicyclic) bond motifs is 1. The van der Waals surface area contributed by atoms with Gasteiger partial charge in [-0.15, -0.1) is 0 Å². The van der Waals surface area contributed by atoms with Crippen LogP contribution in [0.15, 0.2) is 47.4 Å². The molecule has 148 valence electrons. The first-order valence-electron chi connectivity index (χ1n) is 9.55. The van der Waals surface area contributed by atoms with Gasteiger partial charge in [-0.25, -0.2) is 9.97 Å². The summed E-state index contributed by atoms with van der Waals surface area (Å²) in [6.45, 7) is 2.82. The van der Waals surface area contributed by atoms with Gasteiger partial charge in [0.2, 0.25) is 5.56 Å². The Bertz CT molecular complexity index is 1110. The summed E-state index contributed by atoms with van der Waals surface area (Å²) < 4.78 is 5.19. The van der Waals surface area contributed by atoms with E-state index in [9.17, 15) is 9.59 Å². The number of methoxy groups -OCH3 is 1. The molecule has 0 saturated carbocycles. The predicted octanol–water partition coefficient (Wildman–Crippen LogP) is 2.48. The van der Waals surface area contributed by atoms with Crippen molar-refractivity contribution in [2.24, 2.45) is 0 Å². The number of nitrogens with one attached hydrogen (secondary N) is 1. The van der Waals surface area contributed by atoms with Crippen LogP contribution in [0.3, 0.4) is 0 Å². The van der Waals surface area contributed by atoms with Crippen molar-refractivity contribution in [1.29, 1.82) is 0 Å². The Hall–Kier alpha value is -3.48. The zero-order chi connectivity index (χ0) is 20.4. The van der Waals surface area contributed by atoms with Crippen molar-refractivity contribution in [2.45, 2.75) is 32.9 Å². The van der Waals surface area contributed by atoms with Crippen LogP contribution in [-0.2, 0) is 25.9 Å². The van der Waals surface area contributed by atoms with Gasteiger partial charge in [0, 0.05) is 36.5 Å². The number of hydrogen-bond donors (Lipinski definition) is 1. The van der Waals surface area contributed by atoms with Crippen LogP contribution in [-0.4, -0.2) is 32.9 Å². The molecule has 2 aromatic heterocycles. The van der Waals surface area contributed by atoms with Crippen molar-refractivity contribution in [3.8, 4) is 5.75 Å². The van der Waals surface area contributed by atoms with Crippen LogP contribution < -0.4 is 10.3 Å². The number of benzene rings is 1. The summed E-state index contributed by atoms with van der Waals surface area (Å²) in [7, 11) is 1.64. The number of rotatable bonds is 5. The van der Waals surface area contributed by atoms with E-state index >= 15 is 0 Å². The standard InChI is InChI=1S/C22H22N4O3/c1-3-18-17(8-9-21(27)25-18)22(28)26-12-15-11-23-20(24-19(15)13-26)10-14-4-6-16(29-2)7-5-14/h4-9,11H,3,10,12-13H2,1-2H3,(H,25,27). The molecule has 3 heterocycles. The van der Waals surface area contributed by atoms with Gasteiger partial charge in [0.15, 0.2) is 0 Å². The molecule has 1 aliphatic rings. The minimum absolute atomic E-state index is 0.104. The first kappa shape index (κ1) is 18.9. The van der Waals surface area contributed by atoms with Crippen molar-refractivity contribution in [1.82, 2.24) is 19.9 Å². The molecule has 0 atom stereocenters. The Kier molecular flexibility index (Phi) is 5.12. The highest BCUT2D eigenvalue weighted by Gasteiger charge is 2.27. The van der Waals surface area contributed by atoms with Crippen molar-refractivity contribution in [2.75, 3.05) is 7.11 Å². The van der Waals surface area contributed by atoms with Gasteiger partial charge in [-0.05, 0) is 30.2 Å². The summed E-state index contributed by atoms with van der Waals surface area (Å²) in [4.78, 5) is 38.2. The van der Waals surface area contributed by atoms with Crippen LogP contribution in [0.25, 0.3) is 0 Å². The average Bonchev–Trinajstić information content (AvgIpc) is 3.17. The number of hydrogen-bond acceptors (Lipinski definition) is 5. The number of aromatic amines is 1. The summed E-state index contributed by atoms with van der Waals surface area (Å²) in [6, 6.07) is 10.8. The van der Waals surface area contributed by atoms with Gasteiger partial charge in [-0.2, -0.15) is 0 Å². The van der Waals surface area contributed by atoms with Gasteiger partial charge in [0.05, 0.1) is 24.9 Å². The summed E-state index contributed by atoms with van der Waals surface area (Å²) in [5, 5.41) is 0. The number of amides is 1. The quantitative estimate of drug-likeness (QED) is 0.723. The average molecular weight is 390 g/mol. The number of aryl methyl sites for hydroxylation is 1. The lowest BCUT2D eigenvalue weighted by molar-refractivity contribution is 0.0748. The molecule has 0 radical (unpaired) electrons. The highest BCUT2D eigenvalue weighted by atomic mass is 16.5. The minimum atomic E-state index is -0.197. The Balaban J connectivity index is 1.51. The summed E-state index contributed by atoms with van der Waals surface area (Å²) in [5.41, 5.74) is 3.92. The Morgan fingerprint density at radius 3 is 2.69 bits per heavy atom. The van der Waals surface area contributed by atoms with Crippen molar-refractivity contribution in [3.05, 3.63) is 86.9 Å². The number of H-pyrrole nitrogens is 1. The SMILES string of the molecule is CCc1[nH]c(=O)ccc1C(=O)N1Cc2cnc(Cc3ccc(OC)cc3)nc2C1. The highest BCUT2D eigenvalue weighted by molar-refractivity contribution is 5.95. The summed E-state index contributed by atoms with van der Waals surface area (Å²) in [6.07, 6.45) is 3.01. The lowest BCUT2D eigenvalue weighted by Gasteiger charge is -2.16. The third-order valence-electron chi connectivity index (χ3n) is 5.10. The number of nitrogens with zero attached hydrogens (tertiary/aromatic N) is 3. The normalized spacial score (nSPS) is 12.7. The molecule has 1 amide bonds. The van der Waals surface area contributed by atoms with Crippen LogP contribution in [0.2, 0.25) is 0 Å². The lowest BCUT2D eigenvalue weighted by atomic mass is 10.1. The van der Waals surface area contributed by atoms with Crippen molar-refractivity contribution in [3.63, 3.8) is 0 Å². The summed E-state index contributed by atoms with van der Waals surface area (Å²) in [5.74, 6) is 1.43. The second kappa shape index (κ2) is 7.87. The van der Waals surface area contributed by atoms with Gasteiger partial charge in [0.1, 0.15) is 11.6 Å². The van der Waals surface area contributed by atoms with Crippen molar-refractivity contribution < 1.29 is 9.53 Å². The van der Waals surface area contributed by atoms with Gasteiger partial charge >= 0.3 is 0 Å². The first-order valence-corrected chi connectivity index (χ1v) is 9.55. The number of aromatic nitrogens is 3. The fourth-order valence-electron chi connectivity index (χ4n) is 3.52. The van der Waals surface area contributed by atoms with Crippen LogP contribution in [0.4, 0.5) is 0 Å². The van der Waals surface area contributed by atoms with Gasteiger partial charge in [-0.1, -0.05) is 19.1 Å². The fraction of sp³-hybridized carbons (Fsp3) is 0.273. The van der Waals surface area contributed by atoms with E-state index in [0.717, 1.165) is 28.4 Å². The molecular formula is C22H22N4O3. The third-order valence-corrected chi connectivity index (χ3v) is 5.10. The molecule has 1 aliphatic heterocycles. The van der Waals surface area contributed by atoms with Crippen LogP contribution in [0.5, 0.6) is 5.75 Å². The largest absolute Gasteiger partial charge is 0.497 e. The first-order chi connectivity index (χ1) is 14.1. The van der Waals surface area contributed by atoms with E-state index in [1.807, 2.05) is 37.4 Å². The monoisotopic (exact) mass is 390 g/mol. The van der Waals surface area contributed by atoms with Gasteiger partial charge in [-0.3, -0.25) is 9.59 Å². The molecule has 1 aromatic carbocycles. The molecule has 0 bridgehead atoms. The zero-order valence-electron chi connectivity index (χ0n) is 16.4. The third kappa shape index (κ3) is 3.89. The molecule has 1 N–H and O–H groups in total. The van der Waals surface area contributed by atoms with E-state index in [0.29, 0.717) is 37.2 Å². The number of carbonyl (C=O) groups is 1. The molecule has 29 heavy (non-hydrogen) atoms. The van der Waals surface area contributed by atoms with E-state index in [1.165, 1.54) is 6.07 Å². The molecular weight excluding hydrogens is 368 g/mol. The number of ether oxygens (including phenoxy) is 1. The second-order valence-corrected chi connectivity index (χ2v) is 7.01. The molecule has 0 fully saturated rings. The van der Waals surface area contributed by atoms with E-state index in [-0.39, 0.29) is 11.5 Å². The number of carbonyl (C=O) groups excluding carboxylic acids is 1. The fourth-order valence-corrected chi connectivity index (χ4v) is 3.52. The maximum absolute atomic E-state index is 13.0. The van der Waals surface area contributed by atoms with Crippen LogP contribution in [0, 0.1) is 0 Å². The number of pyridine rings is 1. The lowest BCUT2D eigenvalue weighted by Crippen LogP contribution is -2.27. The molecule has 0 saturated heterocycles.